The molecule has 0 saturated carbocycles. The van der Waals surface area contributed by atoms with E-state index in [0.717, 1.165) is 12.0 Å². The highest BCUT2D eigenvalue weighted by atomic mass is 32.2. The molecule has 1 fully saturated rings. The number of benzene rings is 3. The summed E-state index contributed by atoms with van der Waals surface area (Å²) in [6, 6.07) is 16.6. The lowest BCUT2D eigenvalue weighted by Crippen LogP contribution is -2.53. The summed E-state index contributed by atoms with van der Waals surface area (Å²) < 4.78 is 53.2. The van der Waals surface area contributed by atoms with Gasteiger partial charge in [0.1, 0.15) is 24.6 Å². The van der Waals surface area contributed by atoms with Crippen LogP contribution in [0.3, 0.4) is 0 Å². The summed E-state index contributed by atoms with van der Waals surface area (Å²) in [6.45, 7) is 1.90. The van der Waals surface area contributed by atoms with Crippen molar-refractivity contribution < 1.29 is 26.3 Å². The number of para-hydroxylation sites is 1. The Morgan fingerprint density at radius 1 is 1.08 bits per heavy atom. The van der Waals surface area contributed by atoms with Gasteiger partial charge in [-0.1, -0.05) is 40.2 Å². The van der Waals surface area contributed by atoms with Gasteiger partial charge >= 0.3 is 16.1 Å². The van der Waals surface area contributed by atoms with E-state index in [4.69, 9.17) is 8.70 Å². The van der Waals surface area contributed by atoms with Crippen LogP contribution in [0.1, 0.15) is 11.5 Å². The third-order valence-electron chi connectivity index (χ3n) is 6.59. The normalized spacial score (nSPS) is 17.8. The third-order valence-corrected chi connectivity index (χ3v) is 7.89. The first-order valence-electron chi connectivity index (χ1n) is 12.0. The summed E-state index contributed by atoms with van der Waals surface area (Å²) in [4.78, 5) is 15.3. The fourth-order valence-electron chi connectivity index (χ4n) is 4.67. The smallest absolute Gasteiger partial charge is 0.426 e. The summed E-state index contributed by atoms with van der Waals surface area (Å²) in [5.74, 6) is -0.298. The quantitative estimate of drug-likeness (QED) is 0.278. The van der Waals surface area contributed by atoms with Crippen LogP contribution in [0.4, 0.5) is 14.9 Å². The largest absolute Gasteiger partial charge is 0.459 e. The standard InChI is InChI=1S/C26H22FN6O5S/c1-18-9-11-19(12-10-18)39(35,36)38-33(14-13-31(26(33)34)16-25-30-28-17-37-25)24-8-4-7-22-20(24)15-29-32(22)23-6-3-2-5-21(23)27/h2-12,15,17H,13-14,16H2,1H3/q+1. The number of aryl methyl sites for hydroxylation is 1. The average molecular weight is 550 g/mol. The summed E-state index contributed by atoms with van der Waals surface area (Å²) in [5, 5.41) is 12.3. The van der Waals surface area contributed by atoms with Gasteiger partial charge in [0.15, 0.2) is 5.69 Å². The lowest BCUT2D eigenvalue weighted by molar-refractivity contribution is 0.0180. The SMILES string of the molecule is Cc1ccc(S(=O)(=O)O[N+]2(c3cccc4c3cnn4-c3ccccc3F)CCN(Cc3nnco3)C2=O)cc1. The third kappa shape index (κ3) is 4.26. The number of quaternary nitrogens is 1. The van der Waals surface area contributed by atoms with Crippen LogP contribution in [0, 0.1) is 12.7 Å². The number of hydroxylamine groups is 2. The van der Waals surface area contributed by atoms with Gasteiger partial charge in [-0.3, -0.25) is 4.90 Å². The minimum Gasteiger partial charge on any atom is -0.426 e. The molecule has 5 aromatic rings. The number of aromatic nitrogens is 4. The van der Waals surface area contributed by atoms with Gasteiger partial charge in [0.25, 0.3) is 0 Å². The van der Waals surface area contributed by atoms with Crippen LogP contribution in [-0.2, 0) is 20.9 Å². The van der Waals surface area contributed by atoms with Crippen LogP contribution < -0.4 is 4.65 Å². The van der Waals surface area contributed by atoms with Crippen molar-refractivity contribution in [3.8, 4) is 5.69 Å². The number of carbonyl (C=O) groups excluding carboxylic acids is 1. The maximum Gasteiger partial charge on any atom is 0.459 e. The first-order chi connectivity index (χ1) is 18.8. The lowest BCUT2D eigenvalue weighted by Gasteiger charge is -2.26. The van der Waals surface area contributed by atoms with E-state index < -0.39 is 26.6 Å². The van der Waals surface area contributed by atoms with Gasteiger partial charge < -0.3 is 4.42 Å². The highest BCUT2D eigenvalue weighted by Crippen LogP contribution is 2.39. The van der Waals surface area contributed by atoms with E-state index in [9.17, 15) is 17.6 Å². The second-order valence-electron chi connectivity index (χ2n) is 9.06. The van der Waals surface area contributed by atoms with E-state index in [2.05, 4.69) is 15.3 Å². The Labute approximate surface area is 222 Å². The van der Waals surface area contributed by atoms with Crippen LogP contribution in [0.15, 0.2) is 88.6 Å². The summed E-state index contributed by atoms with van der Waals surface area (Å²) in [7, 11) is -4.42. The van der Waals surface area contributed by atoms with Crippen molar-refractivity contribution in [2.45, 2.75) is 18.4 Å². The van der Waals surface area contributed by atoms with Gasteiger partial charge in [0.2, 0.25) is 12.3 Å². The molecule has 2 amide bonds. The highest BCUT2D eigenvalue weighted by molar-refractivity contribution is 7.86. The number of hydrogen-bond acceptors (Lipinski definition) is 8. The molecule has 0 spiro atoms. The van der Waals surface area contributed by atoms with Crippen molar-refractivity contribution in [1.82, 2.24) is 29.5 Å². The van der Waals surface area contributed by atoms with E-state index >= 15 is 0 Å². The minimum absolute atomic E-state index is 0.0305. The van der Waals surface area contributed by atoms with E-state index in [0.29, 0.717) is 10.9 Å². The van der Waals surface area contributed by atoms with Crippen LogP contribution in [-0.4, -0.2) is 52.4 Å². The molecular weight excluding hydrogens is 527 g/mol. The number of hydrogen-bond donors (Lipinski definition) is 0. The van der Waals surface area contributed by atoms with Gasteiger partial charge in [0.05, 0.1) is 28.5 Å². The molecule has 6 rings (SSSR count). The molecule has 1 aliphatic heterocycles. The first kappa shape index (κ1) is 24.9. The van der Waals surface area contributed by atoms with E-state index in [1.165, 1.54) is 34.0 Å². The second-order valence-corrected chi connectivity index (χ2v) is 10.6. The van der Waals surface area contributed by atoms with Crippen LogP contribution >= 0.6 is 0 Å². The van der Waals surface area contributed by atoms with Crippen LogP contribution in [0.2, 0.25) is 0 Å². The van der Waals surface area contributed by atoms with Crippen molar-refractivity contribution in [2.75, 3.05) is 13.1 Å². The predicted molar refractivity (Wildman–Crippen MR) is 137 cm³/mol. The zero-order valence-corrected chi connectivity index (χ0v) is 21.5. The molecule has 1 atom stereocenters. The summed E-state index contributed by atoms with van der Waals surface area (Å²) in [5.41, 5.74) is 1.78. The Balaban J connectivity index is 1.50. The Hall–Kier alpha value is -4.46. The molecule has 198 valence electrons. The number of amides is 2. The molecular formula is C26H22FN6O5S+. The molecule has 1 saturated heterocycles. The van der Waals surface area contributed by atoms with Crippen molar-refractivity contribution in [3.63, 3.8) is 0 Å². The van der Waals surface area contributed by atoms with Crippen molar-refractivity contribution in [1.29, 1.82) is 0 Å². The molecule has 0 aliphatic carbocycles. The maximum atomic E-state index is 14.6. The molecule has 39 heavy (non-hydrogen) atoms. The molecule has 1 unspecified atom stereocenters. The van der Waals surface area contributed by atoms with Gasteiger partial charge in [0, 0.05) is 6.07 Å². The van der Waals surface area contributed by atoms with Gasteiger partial charge in [-0.2, -0.15) is 13.5 Å². The fourth-order valence-corrected chi connectivity index (χ4v) is 5.78. The fraction of sp³-hybridized carbons (Fsp3) is 0.154. The minimum atomic E-state index is -4.42. The summed E-state index contributed by atoms with van der Waals surface area (Å²) >= 11 is 0. The predicted octanol–water partition coefficient (Wildman–Crippen LogP) is 4.12. The van der Waals surface area contributed by atoms with Gasteiger partial charge in [-0.05, 0) is 41.9 Å². The second kappa shape index (κ2) is 9.38. The number of halogens is 1. The molecule has 11 nitrogen and oxygen atoms in total. The molecule has 0 radical (unpaired) electrons. The topological polar surface area (TPSA) is 120 Å². The van der Waals surface area contributed by atoms with Crippen LogP contribution in [0.25, 0.3) is 16.6 Å². The monoisotopic (exact) mass is 549 g/mol. The first-order valence-corrected chi connectivity index (χ1v) is 13.4. The molecule has 3 heterocycles. The Morgan fingerprint density at radius 3 is 2.62 bits per heavy atom. The molecule has 2 aromatic heterocycles. The summed E-state index contributed by atoms with van der Waals surface area (Å²) in [6.07, 6.45) is 2.61. The molecule has 3 aromatic carbocycles. The zero-order chi connectivity index (χ0) is 27.2. The average Bonchev–Trinajstić information content (AvgIpc) is 3.66. The Bertz CT molecular complexity index is 1790. The molecule has 0 N–H and O–H groups in total. The Kier molecular flexibility index (Phi) is 5.98. The Morgan fingerprint density at radius 2 is 1.87 bits per heavy atom. The number of carbonyl (C=O) groups is 1. The van der Waals surface area contributed by atoms with Crippen LogP contribution in [0.5, 0.6) is 0 Å². The van der Waals surface area contributed by atoms with Crippen molar-refractivity contribution in [3.05, 3.63) is 96.6 Å². The number of fused-ring (bicyclic) bond motifs is 1. The zero-order valence-electron chi connectivity index (χ0n) is 20.6. The highest BCUT2D eigenvalue weighted by Gasteiger charge is 2.56. The molecule has 1 aliphatic rings. The van der Waals surface area contributed by atoms with E-state index in [1.807, 2.05) is 6.92 Å². The van der Waals surface area contributed by atoms with Crippen molar-refractivity contribution in [2.24, 2.45) is 0 Å². The maximum absolute atomic E-state index is 14.6. The van der Waals surface area contributed by atoms with Crippen molar-refractivity contribution >= 4 is 32.7 Å². The number of rotatable bonds is 7. The van der Waals surface area contributed by atoms with Gasteiger partial charge in [-0.15, -0.1) is 10.2 Å². The molecule has 13 heteroatoms. The lowest BCUT2D eigenvalue weighted by atomic mass is 10.2. The molecule has 0 bridgehead atoms. The van der Waals surface area contributed by atoms with E-state index in [-0.39, 0.29) is 41.8 Å². The number of urea groups is 1. The van der Waals surface area contributed by atoms with E-state index in [1.54, 1.807) is 48.5 Å². The van der Waals surface area contributed by atoms with Gasteiger partial charge in [-0.25, -0.2) is 13.9 Å². The number of nitrogens with zero attached hydrogens (tertiary/aromatic N) is 6.